The van der Waals surface area contributed by atoms with E-state index in [0.717, 1.165) is 98.1 Å². The second kappa shape index (κ2) is 20.4. The molecular formula is C47H60FNO3. The van der Waals surface area contributed by atoms with E-state index < -0.39 is 5.67 Å². The molecule has 3 unspecified atom stereocenters. The third-order valence-corrected chi connectivity index (χ3v) is 10.3. The van der Waals surface area contributed by atoms with Crippen LogP contribution in [0.3, 0.4) is 0 Å². The molecule has 4 aliphatic rings. The molecule has 0 radical (unpaired) electrons. The fourth-order valence-electron chi connectivity index (χ4n) is 7.26. The van der Waals surface area contributed by atoms with Crippen molar-refractivity contribution in [3.8, 4) is 35.5 Å². The molecular weight excluding hydrogens is 646 g/mol. The van der Waals surface area contributed by atoms with Crippen molar-refractivity contribution >= 4 is 17.4 Å². The van der Waals surface area contributed by atoms with Crippen molar-refractivity contribution in [2.45, 2.75) is 137 Å². The maximum atomic E-state index is 14.1. The van der Waals surface area contributed by atoms with Crippen molar-refractivity contribution < 1.29 is 18.7 Å². The lowest BCUT2D eigenvalue weighted by Gasteiger charge is -2.26. The number of Topliss-reactive ketones (excluding diaryl/α,β-unsaturated/α-hetero) is 1. The lowest BCUT2D eigenvalue weighted by Crippen LogP contribution is -2.36. The van der Waals surface area contributed by atoms with E-state index in [2.05, 4.69) is 69.3 Å². The number of halogens is 1. The summed E-state index contributed by atoms with van der Waals surface area (Å²) < 4.78 is 19.8. The third-order valence-electron chi connectivity index (χ3n) is 10.3. The van der Waals surface area contributed by atoms with E-state index in [1.807, 2.05) is 47.4 Å². The standard InChI is InChI=1S/C22H23NO.C13H20O.C12H17FO/c1-17(2)8-7-13-22(24)23-16-20-11-4-3-9-18(20)14-15-19-10-5-6-12-21(19)23;1-10(2)14-9-13-11-7-5-3-4-6-8-12(11)13;1-10(2)11(14)12(13)8-6-4-3-5-7-9-12/h3-6,9-12,17H,7-8,13,16H2,1-2H3;10-13H,5-9H2,1-2H3;10H,3-6,8H2,1-2H3. The van der Waals surface area contributed by atoms with Gasteiger partial charge in [-0.1, -0.05) is 94.6 Å². The van der Waals surface area contributed by atoms with Gasteiger partial charge in [-0.25, -0.2) is 4.39 Å². The fourth-order valence-corrected chi connectivity index (χ4v) is 7.26. The normalized spacial score (nSPS) is 22.7. The van der Waals surface area contributed by atoms with Crippen molar-refractivity contribution in [1.82, 2.24) is 0 Å². The molecule has 1 heterocycles. The Morgan fingerprint density at radius 3 is 2.17 bits per heavy atom. The number of carbonyl (C=O) groups is 2. The minimum atomic E-state index is -1.87. The maximum absolute atomic E-state index is 14.1. The largest absolute Gasteiger partial charge is 0.378 e. The molecule has 4 nitrogen and oxygen atoms in total. The number of hydrogen-bond donors (Lipinski definition) is 0. The molecule has 2 aromatic carbocycles. The summed E-state index contributed by atoms with van der Waals surface area (Å²) in [5.41, 5.74) is 2.09. The number of hydrogen-bond acceptors (Lipinski definition) is 3. The van der Waals surface area contributed by atoms with Crippen molar-refractivity contribution in [3.63, 3.8) is 0 Å². The molecule has 2 aromatic rings. The zero-order valence-corrected chi connectivity index (χ0v) is 32.5. The molecule has 1 fully saturated rings. The van der Waals surface area contributed by atoms with Gasteiger partial charge in [-0.2, -0.15) is 0 Å². The van der Waals surface area contributed by atoms with Gasteiger partial charge in [0.25, 0.3) is 0 Å². The first kappa shape index (κ1) is 40.9. The van der Waals surface area contributed by atoms with Crippen LogP contribution in [0.4, 0.5) is 10.1 Å². The Hall–Kier alpha value is -3.85. The maximum Gasteiger partial charge on any atom is 0.228 e. The van der Waals surface area contributed by atoms with Gasteiger partial charge in [0.05, 0.1) is 24.9 Å². The van der Waals surface area contributed by atoms with Crippen molar-refractivity contribution in [2.24, 2.45) is 29.6 Å². The molecule has 1 saturated carbocycles. The first-order chi connectivity index (χ1) is 25.0. The second-order valence-corrected chi connectivity index (χ2v) is 15.7. The number of anilines is 1. The van der Waals surface area contributed by atoms with E-state index in [1.165, 1.54) is 12.8 Å². The Kier molecular flexibility index (Phi) is 16.1. The van der Waals surface area contributed by atoms with Crippen molar-refractivity contribution in [3.05, 3.63) is 65.2 Å². The van der Waals surface area contributed by atoms with Gasteiger partial charge in [0.1, 0.15) is 0 Å². The van der Waals surface area contributed by atoms with Gasteiger partial charge < -0.3 is 9.64 Å². The predicted octanol–water partition coefficient (Wildman–Crippen LogP) is 10.5. The zero-order valence-electron chi connectivity index (χ0n) is 32.5. The molecule has 52 heavy (non-hydrogen) atoms. The highest BCUT2D eigenvalue weighted by molar-refractivity contribution is 5.95. The summed E-state index contributed by atoms with van der Waals surface area (Å²) in [6.07, 6.45) is 11.6. The third kappa shape index (κ3) is 12.4. The Labute approximate surface area is 314 Å². The van der Waals surface area contributed by atoms with Crippen LogP contribution in [0.1, 0.15) is 135 Å². The van der Waals surface area contributed by atoms with E-state index in [4.69, 9.17) is 4.74 Å². The highest BCUT2D eigenvalue weighted by atomic mass is 19.1. The van der Waals surface area contributed by atoms with Crippen LogP contribution in [0.15, 0.2) is 48.5 Å². The van der Waals surface area contributed by atoms with Crippen LogP contribution in [0.2, 0.25) is 0 Å². The summed E-state index contributed by atoms with van der Waals surface area (Å²) in [6.45, 7) is 13.6. The van der Waals surface area contributed by atoms with E-state index in [0.29, 0.717) is 25.0 Å². The SMILES string of the molecule is CC(C)C(=O)C1(F)C#CCCCCC1.CC(C)CCCC(=O)N1Cc2ccccc2C#Cc2ccccc21.CC(C)OCC1C2CCC#CCCC21. The molecule has 1 aliphatic heterocycles. The summed E-state index contributed by atoms with van der Waals surface area (Å²) in [4.78, 5) is 26.4. The molecule has 3 atom stereocenters. The number of rotatable bonds is 9. The molecule has 6 rings (SSSR count). The van der Waals surface area contributed by atoms with E-state index in [9.17, 15) is 14.0 Å². The highest BCUT2D eigenvalue weighted by Gasteiger charge is 2.48. The topological polar surface area (TPSA) is 46.6 Å². The molecule has 0 spiro atoms. The quantitative estimate of drug-likeness (QED) is 0.244. The lowest BCUT2D eigenvalue weighted by molar-refractivity contribution is -0.130. The lowest BCUT2D eigenvalue weighted by atomic mass is 9.87. The van der Waals surface area contributed by atoms with Crippen LogP contribution in [0, 0.1) is 65.1 Å². The van der Waals surface area contributed by atoms with Gasteiger partial charge in [-0.05, 0) is 93.4 Å². The number of carbonyl (C=O) groups excluding carboxylic acids is 2. The van der Waals surface area contributed by atoms with Crippen LogP contribution < -0.4 is 4.90 Å². The van der Waals surface area contributed by atoms with Crippen molar-refractivity contribution in [1.29, 1.82) is 0 Å². The van der Waals surface area contributed by atoms with E-state index in [-0.39, 0.29) is 24.0 Å². The number of para-hydroxylation sites is 1. The van der Waals surface area contributed by atoms with E-state index >= 15 is 0 Å². The van der Waals surface area contributed by atoms with Gasteiger partial charge in [0.15, 0.2) is 5.78 Å². The second-order valence-electron chi connectivity index (χ2n) is 15.7. The predicted molar refractivity (Wildman–Crippen MR) is 211 cm³/mol. The molecule has 1 amide bonds. The van der Waals surface area contributed by atoms with Crippen LogP contribution in [0.5, 0.6) is 0 Å². The van der Waals surface area contributed by atoms with Gasteiger partial charge in [0, 0.05) is 49.1 Å². The van der Waals surface area contributed by atoms with E-state index in [1.54, 1.807) is 13.8 Å². The van der Waals surface area contributed by atoms with Gasteiger partial charge in [-0.3, -0.25) is 9.59 Å². The van der Waals surface area contributed by atoms with Crippen LogP contribution in [-0.4, -0.2) is 30.1 Å². The molecule has 5 heteroatoms. The van der Waals surface area contributed by atoms with Crippen LogP contribution in [0.25, 0.3) is 0 Å². The number of fused-ring (bicyclic) bond motifs is 3. The zero-order chi connectivity index (χ0) is 37.5. The minimum absolute atomic E-state index is 0.182. The average Bonchev–Trinajstić information content (AvgIpc) is 3.75. The smallest absolute Gasteiger partial charge is 0.228 e. The fraction of sp³-hybridized carbons (Fsp3) is 0.574. The van der Waals surface area contributed by atoms with Gasteiger partial charge in [-0.15, -0.1) is 11.8 Å². The molecule has 0 saturated heterocycles. The number of alkyl halides is 1. The van der Waals surface area contributed by atoms with Gasteiger partial charge >= 0.3 is 0 Å². The first-order valence-electron chi connectivity index (χ1n) is 19.8. The number of amides is 1. The summed E-state index contributed by atoms with van der Waals surface area (Å²) in [5.74, 6) is 21.1. The summed E-state index contributed by atoms with van der Waals surface area (Å²) in [6, 6.07) is 16.0. The summed E-state index contributed by atoms with van der Waals surface area (Å²) >= 11 is 0. The molecule has 0 bridgehead atoms. The number of benzene rings is 2. The van der Waals surface area contributed by atoms with Gasteiger partial charge in [0.2, 0.25) is 11.6 Å². The number of ether oxygens (including phenoxy) is 1. The van der Waals surface area contributed by atoms with Crippen LogP contribution in [-0.2, 0) is 20.9 Å². The number of nitrogens with zero attached hydrogens (tertiary/aromatic N) is 1. The minimum Gasteiger partial charge on any atom is -0.378 e. The molecule has 3 aliphatic carbocycles. The Balaban J connectivity index is 0.000000186. The Morgan fingerprint density at radius 1 is 0.846 bits per heavy atom. The number of ketones is 1. The van der Waals surface area contributed by atoms with Crippen molar-refractivity contribution in [2.75, 3.05) is 11.5 Å². The highest BCUT2D eigenvalue weighted by Crippen LogP contribution is 2.52. The molecule has 0 aromatic heterocycles. The Morgan fingerprint density at radius 2 is 1.50 bits per heavy atom. The average molecular weight is 706 g/mol. The monoisotopic (exact) mass is 705 g/mol. The summed E-state index contributed by atoms with van der Waals surface area (Å²) in [5, 5.41) is 0. The molecule has 0 N–H and O–H groups in total. The van der Waals surface area contributed by atoms with Crippen LogP contribution >= 0.6 is 0 Å². The Bertz CT molecular complexity index is 1660. The first-order valence-corrected chi connectivity index (χ1v) is 19.8. The molecule has 278 valence electrons. The summed E-state index contributed by atoms with van der Waals surface area (Å²) in [7, 11) is 0.